The first-order valence-electron chi connectivity index (χ1n) is 9.84. The lowest BCUT2D eigenvalue weighted by Crippen LogP contribution is -2.38. The highest BCUT2D eigenvalue weighted by atomic mass is 127. The predicted octanol–water partition coefficient (Wildman–Crippen LogP) is 4.30. The quantitative estimate of drug-likeness (QED) is 0.269. The van der Waals surface area contributed by atoms with Crippen LogP contribution in [0.3, 0.4) is 0 Å². The van der Waals surface area contributed by atoms with Gasteiger partial charge in [-0.3, -0.25) is 0 Å². The molecule has 0 saturated heterocycles. The molecule has 0 radical (unpaired) electrons. The molecule has 10 heteroatoms. The Morgan fingerprint density at radius 1 is 1.09 bits per heavy atom. The van der Waals surface area contributed by atoms with Crippen molar-refractivity contribution in [1.29, 1.82) is 0 Å². The van der Waals surface area contributed by atoms with Crippen molar-refractivity contribution in [1.82, 2.24) is 10.2 Å². The largest absolute Gasteiger partial charge is 0.493 e. The topological polar surface area (TPSA) is 66.3 Å². The zero-order chi connectivity index (χ0) is 22.9. The van der Waals surface area contributed by atoms with Crippen molar-refractivity contribution < 1.29 is 27.8 Å². The second-order valence-electron chi connectivity index (χ2n) is 6.78. The van der Waals surface area contributed by atoms with Gasteiger partial charge < -0.3 is 24.8 Å². The fourth-order valence-electron chi connectivity index (χ4n) is 2.87. The summed E-state index contributed by atoms with van der Waals surface area (Å²) < 4.78 is 49.0. The molecule has 0 aliphatic carbocycles. The van der Waals surface area contributed by atoms with Gasteiger partial charge in [0.2, 0.25) is 0 Å². The lowest BCUT2D eigenvalue weighted by molar-refractivity contribution is -0.137. The van der Waals surface area contributed by atoms with Gasteiger partial charge in [0.05, 0.1) is 25.8 Å². The number of benzene rings is 2. The van der Waals surface area contributed by atoms with Crippen molar-refractivity contribution in [3.63, 3.8) is 0 Å². The van der Waals surface area contributed by atoms with E-state index in [1.165, 1.54) is 19.2 Å². The number of hydrogen-bond donors (Lipinski definition) is 2. The lowest BCUT2D eigenvalue weighted by atomic mass is 10.1. The van der Waals surface area contributed by atoms with Crippen LogP contribution >= 0.6 is 24.0 Å². The van der Waals surface area contributed by atoms with Crippen molar-refractivity contribution in [2.24, 2.45) is 4.99 Å². The molecule has 6 nitrogen and oxygen atoms in total. The number of aliphatic hydroxyl groups excluding tert-OH is 1. The van der Waals surface area contributed by atoms with E-state index in [1.54, 1.807) is 6.07 Å². The number of methoxy groups -OCH3 is 1. The molecule has 0 fully saturated rings. The van der Waals surface area contributed by atoms with E-state index in [9.17, 15) is 13.2 Å². The Balaban J connectivity index is 0.00000512. The summed E-state index contributed by atoms with van der Waals surface area (Å²) in [7, 11) is 3.36. The average Bonchev–Trinajstić information content (AvgIpc) is 2.75. The zero-order valence-electron chi connectivity index (χ0n) is 18.3. The molecule has 2 rings (SSSR count). The fraction of sp³-hybridized carbons (Fsp3) is 0.409. The van der Waals surface area contributed by atoms with Crippen molar-refractivity contribution in [2.45, 2.75) is 26.2 Å². The monoisotopic (exact) mass is 567 g/mol. The molecule has 2 N–H and O–H groups in total. The predicted molar refractivity (Wildman–Crippen MR) is 129 cm³/mol. The third-order valence-corrected chi connectivity index (χ3v) is 4.39. The summed E-state index contributed by atoms with van der Waals surface area (Å²) in [6, 6.07) is 10.5. The van der Waals surface area contributed by atoms with E-state index in [-0.39, 0.29) is 37.2 Å². The molecule has 2 aromatic rings. The minimum absolute atomic E-state index is 0. The summed E-state index contributed by atoms with van der Waals surface area (Å²) in [5, 5.41) is 12.1. The van der Waals surface area contributed by atoms with E-state index >= 15 is 0 Å². The maximum Gasteiger partial charge on any atom is 0.416 e. The Morgan fingerprint density at radius 2 is 1.75 bits per heavy atom. The number of rotatable bonds is 9. The number of nitrogens with zero attached hydrogens (tertiary/aromatic N) is 2. The van der Waals surface area contributed by atoms with Crippen LogP contribution in [0.1, 0.15) is 23.6 Å². The number of halogens is 4. The van der Waals surface area contributed by atoms with E-state index < -0.39 is 11.7 Å². The number of nitrogens with one attached hydrogen (secondary N) is 1. The Morgan fingerprint density at radius 3 is 2.31 bits per heavy atom. The van der Waals surface area contributed by atoms with Gasteiger partial charge in [-0.25, -0.2) is 4.99 Å². The number of ether oxygens (including phenoxy) is 2. The van der Waals surface area contributed by atoms with Gasteiger partial charge in [0.15, 0.2) is 17.5 Å². The van der Waals surface area contributed by atoms with Gasteiger partial charge >= 0.3 is 6.18 Å². The van der Waals surface area contributed by atoms with Crippen LogP contribution in [0.5, 0.6) is 11.5 Å². The number of aliphatic hydroxyl groups is 1. The number of guanidine groups is 1. The summed E-state index contributed by atoms with van der Waals surface area (Å²) in [5.41, 5.74) is 0.972. The van der Waals surface area contributed by atoms with Crippen LogP contribution in [0.15, 0.2) is 47.5 Å². The van der Waals surface area contributed by atoms with Crippen molar-refractivity contribution >= 4 is 29.9 Å². The van der Waals surface area contributed by atoms with Crippen molar-refractivity contribution in [2.75, 3.05) is 33.9 Å². The van der Waals surface area contributed by atoms with E-state index in [2.05, 4.69) is 10.3 Å². The van der Waals surface area contributed by atoms with Gasteiger partial charge in [-0.15, -0.1) is 24.0 Å². The van der Waals surface area contributed by atoms with Crippen LogP contribution < -0.4 is 14.8 Å². The third-order valence-electron chi connectivity index (χ3n) is 4.39. The highest BCUT2D eigenvalue weighted by Gasteiger charge is 2.29. The average molecular weight is 567 g/mol. The molecule has 0 heterocycles. The highest BCUT2D eigenvalue weighted by molar-refractivity contribution is 14.0. The molecule has 0 spiro atoms. The minimum Gasteiger partial charge on any atom is -0.493 e. The van der Waals surface area contributed by atoms with Crippen LogP contribution in [-0.2, 0) is 19.3 Å². The molecule has 0 amide bonds. The van der Waals surface area contributed by atoms with Crippen LogP contribution in [-0.4, -0.2) is 49.9 Å². The molecule has 0 aliphatic rings. The molecule has 0 saturated carbocycles. The van der Waals surface area contributed by atoms with Gasteiger partial charge in [-0.1, -0.05) is 18.2 Å². The van der Waals surface area contributed by atoms with Gasteiger partial charge in [0.1, 0.15) is 6.61 Å². The Labute approximate surface area is 203 Å². The summed E-state index contributed by atoms with van der Waals surface area (Å²) in [5.74, 6) is 1.71. The van der Waals surface area contributed by atoms with Crippen LogP contribution in [0.4, 0.5) is 13.2 Å². The van der Waals surface area contributed by atoms with Gasteiger partial charge in [0.25, 0.3) is 0 Å². The Bertz CT molecular complexity index is 862. The van der Waals surface area contributed by atoms with E-state index in [0.29, 0.717) is 37.1 Å². The summed E-state index contributed by atoms with van der Waals surface area (Å²) in [4.78, 5) is 6.47. The standard InChI is InChI=1S/C22H28F3N3O3.HI/c1-4-26-21(28(2)15-16-5-8-18(9-6-16)22(23,24)25)27-14-17-7-10-19(31-12-11-29)20(13-17)30-3;/h5-10,13,29H,4,11-12,14-15H2,1-3H3,(H,26,27);1H. The molecule has 0 atom stereocenters. The van der Waals surface area contributed by atoms with Crippen molar-refractivity contribution in [3.8, 4) is 11.5 Å². The van der Waals surface area contributed by atoms with Gasteiger partial charge in [-0.2, -0.15) is 13.2 Å². The molecular formula is C22H29F3IN3O3. The van der Waals surface area contributed by atoms with Crippen molar-refractivity contribution in [3.05, 3.63) is 59.2 Å². The smallest absolute Gasteiger partial charge is 0.416 e. The number of alkyl halides is 3. The normalized spacial score (nSPS) is 11.5. The summed E-state index contributed by atoms with van der Waals surface area (Å²) in [6.45, 7) is 3.45. The molecule has 2 aromatic carbocycles. The zero-order valence-corrected chi connectivity index (χ0v) is 20.6. The maximum absolute atomic E-state index is 12.7. The van der Waals surface area contributed by atoms with Crippen LogP contribution in [0.25, 0.3) is 0 Å². The molecule has 0 bridgehead atoms. The summed E-state index contributed by atoms with van der Waals surface area (Å²) in [6.07, 6.45) is -4.35. The molecular weight excluding hydrogens is 538 g/mol. The Hall–Kier alpha value is -2.21. The van der Waals surface area contributed by atoms with Gasteiger partial charge in [-0.05, 0) is 42.3 Å². The second kappa shape index (κ2) is 13.4. The number of aliphatic imine (C=N–C) groups is 1. The molecule has 0 unspecified atom stereocenters. The van der Waals surface area contributed by atoms with E-state index in [4.69, 9.17) is 14.6 Å². The minimum atomic E-state index is -4.35. The second-order valence-corrected chi connectivity index (χ2v) is 6.78. The molecule has 178 valence electrons. The van der Waals surface area contributed by atoms with Crippen LogP contribution in [0, 0.1) is 0 Å². The molecule has 32 heavy (non-hydrogen) atoms. The summed E-state index contributed by atoms with van der Waals surface area (Å²) >= 11 is 0. The first-order valence-corrected chi connectivity index (χ1v) is 9.84. The highest BCUT2D eigenvalue weighted by Crippen LogP contribution is 2.29. The van der Waals surface area contributed by atoms with Crippen LogP contribution in [0.2, 0.25) is 0 Å². The molecule has 0 aromatic heterocycles. The maximum atomic E-state index is 12.7. The number of hydrogen-bond acceptors (Lipinski definition) is 4. The molecule has 0 aliphatic heterocycles. The van der Waals surface area contributed by atoms with Gasteiger partial charge in [0, 0.05) is 20.1 Å². The fourth-order valence-corrected chi connectivity index (χ4v) is 2.87. The SMILES string of the molecule is CCNC(=NCc1ccc(OCCO)c(OC)c1)N(C)Cc1ccc(C(F)(F)F)cc1.I. The first kappa shape index (κ1) is 27.8. The lowest BCUT2D eigenvalue weighted by Gasteiger charge is -2.22. The Kier molecular flexibility index (Phi) is 11.6. The van der Waals surface area contributed by atoms with E-state index in [0.717, 1.165) is 23.3 Å². The third kappa shape index (κ3) is 8.38. The first-order chi connectivity index (χ1) is 14.8. The van der Waals surface area contributed by atoms with E-state index in [1.807, 2.05) is 31.0 Å².